The fraction of sp³-hybridized carbons (Fsp3) is 0.105. The number of hydrogen-bond acceptors (Lipinski definition) is 5. The number of thiophene rings is 1. The molecule has 0 amide bonds. The molecule has 4 nitrogen and oxygen atoms in total. The molecule has 3 aromatic heterocycles. The van der Waals surface area contributed by atoms with Gasteiger partial charge in [0.15, 0.2) is 0 Å². The molecule has 6 heteroatoms. The van der Waals surface area contributed by atoms with Gasteiger partial charge < -0.3 is 5.32 Å². The van der Waals surface area contributed by atoms with E-state index in [2.05, 4.69) is 67.4 Å². The van der Waals surface area contributed by atoms with E-state index < -0.39 is 0 Å². The summed E-state index contributed by atoms with van der Waals surface area (Å²) >= 11 is 5.24. The molecule has 3 heterocycles. The molecule has 4 rings (SSSR count). The number of aryl methyl sites for hydroxylation is 1. The number of halogens is 1. The lowest BCUT2D eigenvalue weighted by molar-refractivity contribution is 1.19. The van der Waals surface area contributed by atoms with Gasteiger partial charge in [0.25, 0.3) is 0 Å². The summed E-state index contributed by atoms with van der Waals surface area (Å²) < 4.78 is 1.07. The highest BCUT2D eigenvalue weighted by Gasteiger charge is 2.18. The molecule has 0 unspecified atom stereocenters. The number of fused-ring (bicyclic) bond motifs is 1. The third kappa shape index (κ3) is 3.15. The summed E-state index contributed by atoms with van der Waals surface area (Å²) in [4.78, 5) is 15.5. The van der Waals surface area contributed by atoms with E-state index in [0.29, 0.717) is 0 Å². The van der Waals surface area contributed by atoms with Gasteiger partial charge in [-0.1, -0.05) is 35.0 Å². The van der Waals surface area contributed by atoms with E-state index in [-0.39, 0.29) is 0 Å². The van der Waals surface area contributed by atoms with Crippen LogP contribution < -0.4 is 5.32 Å². The summed E-state index contributed by atoms with van der Waals surface area (Å²) in [7, 11) is 0. The molecule has 1 N–H and O–H groups in total. The molecule has 0 saturated carbocycles. The molecule has 0 spiro atoms. The standard InChI is InChI=1S/C19H15BrN4S/c1-2-15-16(12-5-7-13(20)8-6-12)17-18(22-11-23-19(17)25-15)24-14-4-3-9-21-10-14/h3-11H,2H2,1H3,(H,22,23,24). The average molecular weight is 411 g/mol. The van der Waals surface area contributed by atoms with E-state index in [1.54, 1.807) is 30.1 Å². The molecule has 25 heavy (non-hydrogen) atoms. The smallest absolute Gasteiger partial charge is 0.143 e. The van der Waals surface area contributed by atoms with Crippen LogP contribution in [0, 0.1) is 0 Å². The summed E-state index contributed by atoms with van der Waals surface area (Å²) in [5.74, 6) is 0.812. The lowest BCUT2D eigenvalue weighted by Crippen LogP contribution is -1.96. The fourth-order valence-corrected chi connectivity index (χ4v) is 4.18. The molecule has 0 atom stereocenters. The molecule has 0 bridgehead atoms. The quantitative estimate of drug-likeness (QED) is 0.460. The summed E-state index contributed by atoms with van der Waals surface area (Å²) in [5, 5.41) is 4.45. The first-order valence-electron chi connectivity index (χ1n) is 7.95. The number of benzene rings is 1. The first-order valence-corrected chi connectivity index (χ1v) is 9.56. The highest BCUT2D eigenvalue weighted by molar-refractivity contribution is 9.10. The van der Waals surface area contributed by atoms with Crippen molar-refractivity contribution in [3.8, 4) is 11.1 Å². The molecule has 0 radical (unpaired) electrons. The Morgan fingerprint density at radius 2 is 1.96 bits per heavy atom. The van der Waals surface area contributed by atoms with Crippen molar-refractivity contribution in [2.24, 2.45) is 0 Å². The molecular weight excluding hydrogens is 396 g/mol. The zero-order chi connectivity index (χ0) is 17.2. The minimum atomic E-state index is 0.812. The van der Waals surface area contributed by atoms with Gasteiger partial charge in [-0.2, -0.15) is 0 Å². The monoisotopic (exact) mass is 410 g/mol. The predicted molar refractivity (Wildman–Crippen MR) is 107 cm³/mol. The van der Waals surface area contributed by atoms with Crippen LogP contribution in [0.5, 0.6) is 0 Å². The van der Waals surface area contributed by atoms with E-state index in [1.165, 1.54) is 16.0 Å². The maximum Gasteiger partial charge on any atom is 0.143 e. The molecular formula is C19H15BrN4S. The number of nitrogens with zero attached hydrogens (tertiary/aromatic N) is 3. The molecule has 0 fully saturated rings. The van der Waals surface area contributed by atoms with E-state index in [1.807, 2.05) is 12.1 Å². The fourth-order valence-electron chi connectivity index (χ4n) is 2.82. The van der Waals surface area contributed by atoms with Gasteiger partial charge in [0.1, 0.15) is 17.0 Å². The summed E-state index contributed by atoms with van der Waals surface area (Å²) in [5.41, 5.74) is 3.30. The Labute approximate surface area is 158 Å². The van der Waals surface area contributed by atoms with Crippen molar-refractivity contribution in [1.29, 1.82) is 0 Å². The van der Waals surface area contributed by atoms with Crippen molar-refractivity contribution in [3.63, 3.8) is 0 Å². The van der Waals surface area contributed by atoms with Gasteiger partial charge in [0, 0.05) is 21.1 Å². The first kappa shape index (κ1) is 16.2. The first-order chi connectivity index (χ1) is 12.3. The van der Waals surface area contributed by atoms with E-state index in [4.69, 9.17) is 0 Å². The van der Waals surface area contributed by atoms with E-state index in [9.17, 15) is 0 Å². The van der Waals surface area contributed by atoms with Crippen molar-refractivity contribution >= 4 is 49.0 Å². The lowest BCUT2D eigenvalue weighted by atomic mass is 10.0. The number of pyridine rings is 1. The molecule has 4 aromatic rings. The minimum absolute atomic E-state index is 0.812. The van der Waals surface area contributed by atoms with Gasteiger partial charge in [0.05, 0.1) is 17.3 Å². The van der Waals surface area contributed by atoms with Crippen LogP contribution in [0.4, 0.5) is 11.5 Å². The van der Waals surface area contributed by atoms with Crippen LogP contribution in [0.2, 0.25) is 0 Å². The van der Waals surface area contributed by atoms with E-state index in [0.717, 1.165) is 32.6 Å². The van der Waals surface area contributed by atoms with Gasteiger partial charge in [-0.3, -0.25) is 4.98 Å². The SMILES string of the molecule is CCc1sc2ncnc(Nc3cccnc3)c2c1-c1ccc(Br)cc1. The molecule has 0 aliphatic heterocycles. The molecule has 0 aliphatic carbocycles. The molecule has 0 saturated heterocycles. The van der Waals surface area contributed by atoms with Crippen molar-refractivity contribution in [2.45, 2.75) is 13.3 Å². The second-order valence-corrected chi connectivity index (χ2v) is 7.53. The topological polar surface area (TPSA) is 50.7 Å². The van der Waals surface area contributed by atoms with Crippen LogP contribution in [0.1, 0.15) is 11.8 Å². The summed E-state index contributed by atoms with van der Waals surface area (Å²) in [6.45, 7) is 2.18. The number of anilines is 2. The maximum atomic E-state index is 4.50. The van der Waals surface area contributed by atoms with Crippen LogP contribution >= 0.6 is 27.3 Å². The molecule has 0 aliphatic rings. The van der Waals surface area contributed by atoms with Crippen molar-refractivity contribution in [3.05, 3.63) is 64.5 Å². The Morgan fingerprint density at radius 1 is 1.12 bits per heavy atom. The Morgan fingerprint density at radius 3 is 2.68 bits per heavy atom. The summed E-state index contributed by atoms with van der Waals surface area (Å²) in [6.07, 6.45) is 6.12. The minimum Gasteiger partial charge on any atom is -0.338 e. The summed E-state index contributed by atoms with van der Waals surface area (Å²) in [6, 6.07) is 12.3. The largest absolute Gasteiger partial charge is 0.338 e. The Hall–Kier alpha value is -2.31. The second-order valence-electron chi connectivity index (χ2n) is 5.53. The zero-order valence-corrected chi connectivity index (χ0v) is 15.9. The molecule has 124 valence electrons. The van der Waals surface area contributed by atoms with Gasteiger partial charge in [-0.05, 0) is 36.2 Å². The van der Waals surface area contributed by atoms with Gasteiger partial charge in [-0.25, -0.2) is 9.97 Å². The number of hydrogen-bond donors (Lipinski definition) is 1. The van der Waals surface area contributed by atoms with Crippen LogP contribution in [-0.2, 0) is 6.42 Å². The predicted octanol–water partition coefficient (Wildman–Crippen LogP) is 5.82. The second kappa shape index (κ2) is 6.90. The van der Waals surface area contributed by atoms with Gasteiger partial charge in [0.2, 0.25) is 0 Å². The van der Waals surface area contributed by atoms with Crippen molar-refractivity contribution < 1.29 is 0 Å². The molecule has 1 aromatic carbocycles. The normalized spacial score (nSPS) is 11.0. The zero-order valence-electron chi connectivity index (χ0n) is 13.5. The number of nitrogens with one attached hydrogen (secondary N) is 1. The van der Waals surface area contributed by atoms with Crippen molar-refractivity contribution in [2.75, 3.05) is 5.32 Å². The Bertz CT molecular complexity index is 1010. The van der Waals surface area contributed by atoms with Gasteiger partial charge >= 0.3 is 0 Å². The Kier molecular flexibility index (Phi) is 4.46. The average Bonchev–Trinajstić information content (AvgIpc) is 3.03. The maximum absolute atomic E-state index is 4.50. The third-order valence-electron chi connectivity index (χ3n) is 3.94. The van der Waals surface area contributed by atoms with Crippen LogP contribution in [0.15, 0.2) is 59.6 Å². The van der Waals surface area contributed by atoms with Crippen LogP contribution in [-0.4, -0.2) is 15.0 Å². The number of aromatic nitrogens is 3. The Balaban J connectivity index is 1.92. The van der Waals surface area contributed by atoms with Crippen LogP contribution in [0.3, 0.4) is 0 Å². The van der Waals surface area contributed by atoms with E-state index >= 15 is 0 Å². The highest BCUT2D eigenvalue weighted by Crippen LogP contribution is 2.41. The lowest BCUT2D eigenvalue weighted by Gasteiger charge is -2.09. The van der Waals surface area contributed by atoms with Crippen LogP contribution in [0.25, 0.3) is 21.3 Å². The van der Waals surface area contributed by atoms with Crippen molar-refractivity contribution in [1.82, 2.24) is 15.0 Å². The number of rotatable bonds is 4. The van der Waals surface area contributed by atoms with Gasteiger partial charge in [-0.15, -0.1) is 11.3 Å². The third-order valence-corrected chi connectivity index (χ3v) is 5.71. The highest BCUT2D eigenvalue weighted by atomic mass is 79.9.